The number of rotatable bonds is 3. The predicted octanol–water partition coefficient (Wildman–Crippen LogP) is 0.656. The molecule has 1 unspecified atom stereocenters. The molecule has 0 aromatic rings. The molecular weight excluding hydrogens is 149 g/mol. The van der Waals surface area contributed by atoms with Crippen molar-refractivity contribution in [3.05, 3.63) is 0 Å². The van der Waals surface area contributed by atoms with Crippen molar-refractivity contribution in [1.82, 2.24) is 0 Å². The largest absolute Gasteiger partial charge is 0.754 e. The molecule has 4 heteroatoms. The van der Waals surface area contributed by atoms with Crippen LogP contribution in [-0.4, -0.2) is 31.6 Å². The molecule has 0 spiro atoms. The molecule has 0 amide bonds. The van der Waals surface area contributed by atoms with E-state index < -0.39 is 7.52 Å². The Hall–Kier alpha value is 0.150. The van der Waals surface area contributed by atoms with Crippen LogP contribution in [0.2, 0.25) is 0 Å². The monoisotopic (exact) mass is 165 g/mol. The highest BCUT2D eigenvalue weighted by Gasteiger charge is 2.23. The summed E-state index contributed by atoms with van der Waals surface area (Å²) in [6, 6.07) is 0. The van der Waals surface area contributed by atoms with Gasteiger partial charge in [0.1, 0.15) is 0 Å². The van der Waals surface area contributed by atoms with Gasteiger partial charge in [-0.1, -0.05) is 6.92 Å². The summed E-state index contributed by atoms with van der Waals surface area (Å²) in [4.78, 5) is 11.3. The summed E-state index contributed by atoms with van der Waals surface area (Å²) in [5.74, 6) is 0. The Kier molecular flexibility index (Phi) is 3.08. The zero-order chi connectivity index (χ0) is 8.41. The highest BCUT2D eigenvalue weighted by Crippen LogP contribution is 2.43. The van der Waals surface area contributed by atoms with E-state index in [0.717, 1.165) is 0 Å². The molecule has 10 heavy (non-hydrogen) atoms. The molecule has 62 valence electrons. The molecule has 0 bridgehead atoms. The Labute approximate surface area is 62.8 Å². The summed E-state index contributed by atoms with van der Waals surface area (Å²) < 4.78 is 11.3. The molecule has 3 nitrogen and oxygen atoms in total. The van der Waals surface area contributed by atoms with Gasteiger partial charge in [0.05, 0.1) is 21.1 Å². The maximum atomic E-state index is 11.3. The lowest BCUT2D eigenvalue weighted by Gasteiger charge is -2.37. The van der Waals surface area contributed by atoms with Gasteiger partial charge in [-0.25, -0.2) is 0 Å². The van der Waals surface area contributed by atoms with E-state index >= 15 is 0 Å². The Morgan fingerprint density at radius 3 is 1.90 bits per heavy atom. The van der Waals surface area contributed by atoms with Gasteiger partial charge in [0.25, 0.3) is 0 Å². The van der Waals surface area contributed by atoms with Crippen LogP contribution in [0.25, 0.3) is 0 Å². The second kappa shape index (κ2) is 3.04. The van der Waals surface area contributed by atoms with Crippen LogP contribution in [0.1, 0.15) is 13.3 Å². The number of nitrogens with zero attached hydrogens (tertiary/aromatic N) is 1. The van der Waals surface area contributed by atoms with Gasteiger partial charge in [0.15, 0.2) is 7.52 Å². The van der Waals surface area contributed by atoms with Crippen molar-refractivity contribution in [3.63, 3.8) is 0 Å². The third-order valence-electron chi connectivity index (χ3n) is 1.42. The number of quaternary nitrogens is 1. The van der Waals surface area contributed by atoms with E-state index in [4.69, 9.17) is 0 Å². The van der Waals surface area contributed by atoms with Crippen LogP contribution >= 0.6 is 7.52 Å². The highest BCUT2D eigenvalue weighted by atomic mass is 31.2. The summed E-state index contributed by atoms with van der Waals surface area (Å²) in [6.07, 6.45) is 1.01. The van der Waals surface area contributed by atoms with E-state index in [9.17, 15) is 9.46 Å². The molecule has 0 N–H and O–H groups in total. The van der Waals surface area contributed by atoms with Crippen molar-refractivity contribution in [2.45, 2.75) is 13.3 Å². The average Bonchev–Trinajstić information content (AvgIpc) is 1.61. The van der Waals surface area contributed by atoms with Crippen LogP contribution in [0, 0.1) is 0 Å². The van der Waals surface area contributed by atoms with Crippen molar-refractivity contribution in [2.24, 2.45) is 0 Å². The van der Waals surface area contributed by atoms with Gasteiger partial charge in [0.2, 0.25) is 0 Å². The van der Waals surface area contributed by atoms with E-state index in [1.807, 2.05) is 6.92 Å². The smallest absolute Gasteiger partial charge is 0.190 e. The fourth-order valence-corrected chi connectivity index (χ4v) is 1.75. The van der Waals surface area contributed by atoms with Gasteiger partial charge >= 0.3 is 0 Å². The van der Waals surface area contributed by atoms with Crippen LogP contribution in [0.3, 0.4) is 0 Å². The van der Waals surface area contributed by atoms with E-state index in [0.29, 0.717) is 12.6 Å². The second-order valence-corrected chi connectivity index (χ2v) is 6.22. The summed E-state index contributed by atoms with van der Waals surface area (Å²) in [5, 5.41) is 0. The molecule has 1 atom stereocenters. The van der Waals surface area contributed by atoms with E-state index in [2.05, 4.69) is 0 Å². The Morgan fingerprint density at radius 2 is 1.80 bits per heavy atom. The maximum absolute atomic E-state index is 11.3. The van der Waals surface area contributed by atoms with E-state index in [1.165, 1.54) is 0 Å². The molecule has 0 aliphatic carbocycles. The van der Waals surface area contributed by atoms with Crippen LogP contribution < -0.4 is 4.89 Å². The first-order valence-electron chi connectivity index (χ1n) is 3.43. The Bertz CT molecular complexity index is 150. The fourth-order valence-electron chi connectivity index (χ4n) is 0.583. The Morgan fingerprint density at radius 1 is 1.40 bits per heavy atom. The molecule has 0 aliphatic heterocycles. The molecule has 0 aromatic carbocycles. The molecule has 0 rings (SSSR count). The molecule has 0 radical (unpaired) electrons. The lowest BCUT2D eigenvalue weighted by molar-refractivity contribution is -0.766. The third kappa shape index (κ3) is 2.41. The zero-order valence-corrected chi connectivity index (χ0v) is 8.02. The summed E-state index contributed by atoms with van der Waals surface area (Å²) in [5.41, 5.74) is 0. The standard InChI is InChI=1S/C6H16NO2P/c1-5-6-10(8,9)7(2,3)4/h5-6H2,1-4H3. The van der Waals surface area contributed by atoms with Gasteiger partial charge in [0, 0.05) is 6.16 Å². The first kappa shape index (κ1) is 10.2. The SMILES string of the molecule is CCCP(=O)([O-])[N+](C)(C)C. The Balaban J connectivity index is 4.26. The van der Waals surface area contributed by atoms with Gasteiger partial charge < -0.3 is 9.15 Å². The number of hydrogen-bond acceptors (Lipinski definition) is 2. The van der Waals surface area contributed by atoms with Crippen LogP contribution in [0.15, 0.2) is 0 Å². The second-order valence-electron chi connectivity index (χ2n) is 3.30. The quantitative estimate of drug-likeness (QED) is 0.576. The van der Waals surface area contributed by atoms with Gasteiger partial charge in [-0.05, 0) is 6.42 Å². The van der Waals surface area contributed by atoms with Crippen LogP contribution in [0.5, 0.6) is 0 Å². The highest BCUT2D eigenvalue weighted by molar-refractivity contribution is 7.50. The summed E-state index contributed by atoms with van der Waals surface area (Å²) in [7, 11) is 1.86. The lowest BCUT2D eigenvalue weighted by Crippen LogP contribution is -2.37. The first-order chi connectivity index (χ1) is 4.31. The lowest BCUT2D eigenvalue weighted by atomic mass is 10.6. The van der Waals surface area contributed by atoms with Gasteiger partial charge in [-0.3, -0.25) is 4.57 Å². The van der Waals surface area contributed by atoms with Crippen LogP contribution in [-0.2, 0) is 4.57 Å². The van der Waals surface area contributed by atoms with Gasteiger partial charge in [-0.15, -0.1) is 0 Å². The minimum Gasteiger partial charge on any atom is -0.754 e. The molecular formula is C6H16NO2P. The molecule has 0 saturated carbocycles. The third-order valence-corrected chi connectivity index (χ3v) is 4.26. The predicted molar refractivity (Wildman–Crippen MR) is 40.8 cm³/mol. The van der Waals surface area contributed by atoms with Crippen molar-refractivity contribution in [2.75, 3.05) is 27.3 Å². The normalized spacial score (nSPS) is 18.5. The summed E-state index contributed by atoms with van der Waals surface area (Å²) >= 11 is 0. The fraction of sp³-hybridized carbons (Fsp3) is 1.00. The first-order valence-corrected chi connectivity index (χ1v) is 5.19. The maximum Gasteiger partial charge on any atom is 0.190 e. The van der Waals surface area contributed by atoms with Gasteiger partial charge in [-0.2, -0.15) is 0 Å². The molecule has 0 saturated heterocycles. The van der Waals surface area contributed by atoms with E-state index in [-0.39, 0.29) is 4.25 Å². The minimum absolute atomic E-state index is 0.0564. The number of hydrogen-bond donors (Lipinski definition) is 0. The average molecular weight is 165 g/mol. The topological polar surface area (TPSA) is 40.1 Å². The van der Waals surface area contributed by atoms with E-state index in [1.54, 1.807) is 21.1 Å². The van der Waals surface area contributed by atoms with Crippen LogP contribution in [0.4, 0.5) is 0 Å². The minimum atomic E-state index is -3.19. The summed E-state index contributed by atoms with van der Waals surface area (Å²) in [6.45, 7) is 1.88. The van der Waals surface area contributed by atoms with Crippen molar-refractivity contribution >= 4 is 7.52 Å². The molecule has 0 heterocycles. The molecule has 0 aliphatic rings. The van der Waals surface area contributed by atoms with Crippen molar-refractivity contribution in [1.29, 1.82) is 0 Å². The zero-order valence-electron chi connectivity index (χ0n) is 7.13. The molecule has 0 fully saturated rings. The van der Waals surface area contributed by atoms with Crippen molar-refractivity contribution < 1.29 is 13.7 Å². The van der Waals surface area contributed by atoms with Crippen molar-refractivity contribution in [3.8, 4) is 0 Å². The molecule has 0 aromatic heterocycles.